The van der Waals surface area contributed by atoms with Crippen molar-refractivity contribution in [3.8, 4) is 11.5 Å². The van der Waals surface area contributed by atoms with Gasteiger partial charge in [-0.15, -0.1) is 17.5 Å². The van der Waals surface area contributed by atoms with E-state index in [0.717, 1.165) is 31.6 Å². The molecule has 1 aromatic heterocycles. The van der Waals surface area contributed by atoms with Gasteiger partial charge in [0.25, 0.3) is 5.91 Å². The van der Waals surface area contributed by atoms with E-state index in [2.05, 4.69) is 20.9 Å². The molecule has 3 rings (SSSR count). The summed E-state index contributed by atoms with van der Waals surface area (Å²) >= 11 is 0. The Bertz CT molecular complexity index is 808. The molecule has 1 fully saturated rings. The molecule has 2 aromatic rings. The first-order valence-corrected chi connectivity index (χ1v) is 9.37. The number of aromatic nitrogens is 3. The second kappa shape index (κ2) is 11.0. The standard InChI is InChI=1S/C19H27N5O4.ClH/c1-13-18(22-23-24(13)15-6-8-20-9-7-15)19(25)21-14-4-5-16(27-3)17(12-14)28-11-10-26-2;/h4-5,12,15,20H,6-11H2,1-3H3,(H,21,25);1H. The third-order valence-electron chi connectivity index (χ3n) is 4.76. The average Bonchev–Trinajstić information content (AvgIpc) is 3.10. The van der Waals surface area contributed by atoms with Gasteiger partial charge in [0.15, 0.2) is 17.2 Å². The molecule has 2 heterocycles. The van der Waals surface area contributed by atoms with Crippen molar-refractivity contribution in [2.75, 3.05) is 45.8 Å². The molecule has 2 N–H and O–H groups in total. The van der Waals surface area contributed by atoms with Crippen LogP contribution in [0.4, 0.5) is 5.69 Å². The van der Waals surface area contributed by atoms with E-state index in [-0.39, 0.29) is 24.4 Å². The number of hydrogen-bond acceptors (Lipinski definition) is 7. The van der Waals surface area contributed by atoms with Crippen molar-refractivity contribution in [3.63, 3.8) is 0 Å². The quantitative estimate of drug-likeness (QED) is 0.625. The van der Waals surface area contributed by atoms with E-state index in [1.165, 1.54) is 0 Å². The number of piperidine rings is 1. The normalized spacial score (nSPS) is 14.2. The van der Waals surface area contributed by atoms with Crippen LogP contribution in [0.1, 0.15) is 35.1 Å². The Labute approximate surface area is 176 Å². The molecule has 0 saturated carbocycles. The molecular formula is C19H28ClN5O4. The van der Waals surface area contributed by atoms with Crippen LogP contribution < -0.4 is 20.1 Å². The number of carbonyl (C=O) groups excluding carboxylic acids is 1. The van der Waals surface area contributed by atoms with Gasteiger partial charge in [0, 0.05) is 18.9 Å². The molecular weight excluding hydrogens is 398 g/mol. The van der Waals surface area contributed by atoms with Gasteiger partial charge < -0.3 is 24.8 Å². The molecule has 0 radical (unpaired) electrons. The highest BCUT2D eigenvalue weighted by atomic mass is 35.5. The molecule has 1 aromatic carbocycles. The summed E-state index contributed by atoms with van der Waals surface area (Å²) in [6, 6.07) is 5.50. The number of nitrogens with one attached hydrogen (secondary N) is 2. The highest BCUT2D eigenvalue weighted by Crippen LogP contribution is 2.30. The van der Waals surface area contributed by atoms with Gasteiger partial charge in [0.1, 0.15) is 6.61 Å². The van der Waals surface area contributed by atoms with Crippen LogP contribution in [-0.4, -0.2) is 61.4 Å². The number of methoxy groups -OCH3 is 2. The smallest absolute Gasteiger partial charge is 0.278 e. The van der Waals surface area contributed by atoms with Gasteiger partial charge in [-0.2, -0.15) is 0 Å². The lowest BCUT2D eigenvalue weighted by molar-refractivity contribution is 0.102. The van der Waals surface area contributed by atoms with Crippen molar-refractivity contribution < 1.29 is 19.0 Å². The number of ether oxygens (including phenoxy) is 3. The van der Waals surface area contributed by atoms with Crippen LogP contribution in [0.5, 0.6) is 11.5 Å². The van der Waals surface area contributed by atoms with Crippen LogP contribution in [0, 0.1) is 6.92 Å². The highest BCUT2D eigenvalue weighted by Gasteiger charge is 2.23. The molecule has 0 unspecified atom stereocenters. The Kier molecular flexibility index (Phi) is 8.69. The fourth-order valence-corrected chi connectivity index (χ4v) is 3.24. The maximum atomic E-state index is 12.7. The first kappa shape index (κ1) is 22.9. The number of halogens is 1. The van der Waals surface area contributed by atoms with Crippen LogP contribution in [0.3, 0.4) is 0 Å². The van der Waals surface area contributed by atoms with Crippen molar-refractivity contribution in [1.29, 1.82) is 0 Å². The molecule has 160 valence electrons. The van der Waals surface area contributed by atoms with Gasteiger partial charge in [0.2, 0.25) is 0 Å². The molecule has 1 amide bonds. The third kappa shape index (κ3) is 5.59. The topological polar surface area (TPSA) is 99.5 Å². The minimum Gasteiger partial charge on any atom is -0.493 e. The van der Waals surface area contributed by atoms with Crippen molar-refractivity contribution in [2.45, 2.75) is 25.8 Å². The van der Waals surface area contributed by atoms with Crippen molar-refractivity contribution in [3.05, 3.63) is 29.6 Å². The van der Waals surface area contributed by atoms with Crippen molar-refractivity contribution >= 4 is 24.0 Å². The van der Waals surface area contributed by atoms with Gasteiger partial charge in [-0.25, -0.2) is 4.68 Å². The van der Waals surface area contributed by atoms with E-state index in [9.17, 15) is 4.79 Å². The summed E-state index contributed by atoms with van der Waals surface area (Å²) in [5.74, 6) is 0.820. The molecule has 0 atom stereocenters. The van der Waals surface area contributed by atoms with Crippen LogP contribution >= 0.6 is 12.4 Å². The Balaban J connectivity index is 0.00000300. The van der Waals surface area contributed by atoms with Crippen LogP contribution in [0.15, 0.2) is 18.2 Å². The van der Waals surface area contributed by atoms with E-state index < -0.39 is 0 Å². The monoisotopic (exact) mass is 425 g/mol. The van der Waals surface area contributed by atoms with Gasteiger partial charge >= 0.3 is 0 Å². The Hall–Kier alpha value is -2.36. The molecule has 0 spiro atoms. The highest BCUT2D eigenvalue weighted by molar-refractivity contribution is 6.03. The van der Waals surface area contributed by atoms with E-state index in [1.807, 2.05) is 11.6 Å². The zero-order valence-electron chi connectivity index (χ0n) is 16.9. The number of nitrogens with zero attached hydrogens (tertiary/aromatic N) is 3. The Morgan fingerprint density at radius 3 is 2.69 bits per heavy atom. The average molecular weight is 426 g/mol. The lowest BCUT2D eigenvalue weighted by Gasteiger charge is -2.23. The maximum Gasteiger partial charge on any atom is 0.278 e. The summed E-state index contributed by atoms with van der Waals surface area (Å²) in [5, 5.41) is 14.5. The zero-order chi connectivity index (χ0) is 19.9. The number of hydrogen-bond donors (Lipinski definition) is 2. The van der Waals surface area contributed by atoms with Gasteiger partial charge in [-0.1, -0.05) is 5.21 Å². The summed E-state index contributed by atoms with van der Waals surface area (Å²) in [5.41, 5.74) is 1.69. The maximum absolute atomic E-state index is 12.7. The number of amides is 1. The summed E-state index contributed by atoms with van der Waals surface area (Å²) in [7, 11) is 3.18. The molecule has 10 heteroatoms. The lowest BCUT2D eigenvalue weighted by Crippen LogP contribution is -2.30. The minimum atomic E-state index is -0.300. The first-order valence-electron chi connectivity index (χ1n) is 9.37. The third-order valence-corrected chi connectivity index (χ3v) is 4.76. The molecule has 29 heavy (non-hydrogen) atoms. The molecule has 1 aliphatic heterocycles. The molecule has 9 nitrogen and oxygen atoms in total. The summed E-state index contributed by atoms with van der Waals surface area (Å²) in [6.45, 7) is 4.61. The number of anilines is 1. The second-order valence-electron chi connectivity index (χ2n) is 6.61. The van der Waals surface area contributed by atoms with Gasteiger partial charge in [-0.05, 0) is 45.0 Å². The molecule has 0 aliphatic carbocycles. The molecule has 1 saturated heterocycles. The lowest BCUT2D eigenvalue weighted by atomic mass is 10.1. The summed E-state index contributed by atoms with van der Waals surface area (Å²) in [4.78, 5) is 12.7. The SMILES string of the molecule is COCCOc1cc(NC(=O)c2nnn(C3CCNCC3)c2C)ccc1OC.Cl. The van der Waals surface area contributed by atoms with E-state index in [4.69, 9.17) is 14.2 Å². The number of carbonyl (C=O) groups is 1. The fraction of sp³-hybridized carbons (Fsp3) is 0.526. The molecule has 1 aliphatic rings. The Morgan fingerprint density at radius 2 is 2.00 bits per heavy atom. The van der Waals surface area contributed by atoms with Crippen LogP contribution in [0.25, 0.3) is 0 Å². The fourth-order valence-electron chi connectivity index (χ4n) is 3.24. The van der Waals surface area contributed by atoms with Gasteiger partial charge in [-0.3, -0.25) is 4.79 Å². The second-order valence-corrected chi connectivity index (χ2v) is 6.61. The Morgan fingerprint density at radius 1 is 1.24 bits per heavy atom. The van der Waals surface area contributed by atoms with Gasteiger partial charge in [0.05, 0.1) is 25.5 Å². The largest absolute Gasteiger partial charge is 0.493 e. The van der Waals surface area contributed by atoms with Crippen molar-refractivity contribution in [2.24, 2.45) is 0 Å². The van der Waals surface area contributed by atoms with Crippen LogP contribution in [-0.2, 0) is 4.74 Å². The summed E-state index contributed by atoms with van der Waals surface area (Å²) < 4.78 is 17.8. The first-order chi connectivity index (χ1) is 13.6. The van der Waals surface area contributed by atoms with E-state index in [1.54, 1.807) is 32.4 Å². The number of rotatable bonds is 8. The summed E-state index contributed by atoms with van der Waals surface area (Å²) in [6.07, 6.45) is 1.96. The zero-order valence-corrected chi connectivity index (χ0v) is 17.8. The predicted molar refractivity (Wildman–Crippen MR) is 111 cm³/mol. The minimum absolute atomic E-state index is 0. The van der Waals surface area contributed by atoms with E-state index >= 15 is 0 Å². The molecule has 0 bridgehead atoms. The van der Waals surface area contributed by atoms with Crippen molar-refractivity contribution in [1.82, 2.24) is 20.3 Å². The van der Waals surface area contributed by atoms with E-state index in [0.29, 0.717) is 36.1 Å². The number of benzene rings is 1. The van der Waals surface area contributed by atoms with Crippen LogP contribution in [0.2, 0.25) is 0 Å². The predicted octanol–water partition coefficient (Wildman–Crippen LogP) is 2.22.